The first-order valence-corrected chi connectivity index (χ1v) is 8.17. The van der Waals surface area contributed by atoms with E-state index in [9.17, 15) is 0 Å². The first-order chi connectivity index (χ1) is 8.27. The molecule has 18 heavy (non-hydrogen) atoms. The summed E-state index contributed by atoms with van der Waals surface area (Å²) in [5, 5.41) is 0. The molecule has 0 aliphatic rings. The van der Waals surface area contributed by atoms with E-state index < -0.39 is 0 Å². The zero-order valence-electron chi connectivity index (χ0n) is 13.7. The summed E-state index contributed by atoms with van der Waals surface area (Å²) in [5.41, 5.74) is -0.0758. The van der Waals surface area contributed by atoms with Gasteiger partial charge in [-0.05, 0) is 37.0 Å². The largest absolute Gasteiger partial charge is 0.420 e. The number of hydrogen-bond donors (Lipinski definition) is 0. The molecule has 0 aromatic heterocycles. The highest BCUT2D eigenvalue weighted by Crippen LogP contribution is 2.35. The lowest BCUT2D eigenvalue weighted by molar-refractivity contribution is -0.102. The molecule has 0 rings (SSSR count). The number of ether oxygens (including phenoxy) is 1. The Balaban J connectivity index is 5.09. The van der Waals surface area contributed by atoms with Crippen LogP contribution in [0.5, 0.6) is 0 Å². The fourth-order valence-electron chi connectivity index (χ4n) is 2.98. The predicted octanol–water partition coefficient (Wildman–Crippen LogP) is 3.18. The quantitative estimate of drug-likeness (QED) is 0.601. The summed E-state index contributed by atoms with van der Waals surface area (Å²) in [5.74, 6) is 1.93. The molecule has 0 saturated carbocycles. The number of methoxy groups -OCH3 is 1. The fraction of sp³-hybridized carbons (Fsp3) is 1.00. The molecule has 0 aliphatic carbocycles. The highest BCUT2D eigenvalue weighted by molar-refractivity contribution is 5.98. The summed E-state index contributed by atoms with van der Waals surface area (Å²) in [6.45, 7) is 13.6. The van der Waals surface area contributed by atoms with Crippen molar-refractivity contribution in [2.75, 3.05) is 7.11 Å². The highest BCUT2D eigenvalue weighted by atomic mass is 28.2. The van der Waals surface area contributed by atoms with Crippen molar-refractivity contribution in [3.05, 3.63) is 0 Å². The van der Waals surface area contributed by atoms with Crippen LogP contribution in [-0.2, 0) is 9.16 Å². The maximum Gasteiger partial charge on any atom is 0.146 e. The first-order valence-electron chi connectivity index (χ1n) is 7.35. The van der Waals surface area contributed by atoms with E-state index >= 15 is 0 Å². The van der Waals surface area contributed by atoms with E-state index in [4.69, 9.17) is 9.16 Å². The van der Waals surface area contributed by atoms with E-state index in [-0.39, 0.29) is 11.7 Å². The van der Waals surface area contributed by atoms with Gasteiger partial charge < -0.3 is 9.16 Å². The first kappa shape index (κ1) is 18.1. The Morgan fingerprint density at radius 1 is 0.889 bits per heavy atom. The van der Waals surface area contributed by atoms with Gasteiger partial charge in [0.1, 0.15) is 10.5 Å². The average Bonchev–Trinajstić information content (AvgIpc) is 2.23. The zero-order valence-corrected chi connectivity index (χ0v) is 15.7. The van der Waals surface area contributed by atoms with Crippen molar-refractivity contribution in [3.63, 3.8) is 0 Å². The summed E-state index contributed by atoms with van der Waals surface area (Å²) >= 11 is 0. The van der Waals surface area contributed by atoms with Gasteiger partial charge in [0.2, 0.25) is 0 Å². The van der Waals surface area contributed by atoms with Crippen molar-refractivity contribution >= 4 is 10.5 Å². The monoisotopic (exact) mass is 274 g/mol. The molecule has 0 radical (unpaired) electrons. The van der Waals surface area contributed by atoms with E-state index in [1.807, 2.05) is 7.11 Å². The molecule has 0 spiro atoms. The average molecular weight is 275 g/mol. The summed E-state index contributed by atoms with van der Waals surface area (Å²) in [6, 6.07) is 0. The van der Waals surface area contributed by atoms with Gasteiger partial charge in [0, 0.05) is 7.11 Å². The topological polar surface area (TPSA) is 18.5 Å². The zero-order chi connectivity index (χ0) is 14.3. The van der Waals surface area contributed by atoms with Crippen LogP contribution in [0.25, 0.3) is 0 Å². The Labute approximate surface area is 117 Å². The molecule has 0 fully saturated rings. The van der Waals surface area contributed by atoms with Gasteiger partial charge in [-0.25, -0.2) is 0 Å². The molecule has 110 valence electrons. The van der Waals surface area contributed by atoms with Crippen LogP contribution in [0.4, 0.5) is 0 Å². The van der Waals surface area contributed by atoms with Gasteiger partial charge in [-0.15, -0.1) is 0 Å². The third-order valence-electron chi connectivity index (χ3n) is 3.47. The minimum atomic E-state index is -0.0758. The fourth-order valence-corrected chi connectivity index (χ4v) is 3.58. The molecule has 2 nitrogen and oxygen atoms in total. The number of rotatable bonds is 9. The molecule has 1 unspecified atom stereocenters. The Bertz CT molecular complexity index is 205. The molecule has 0 N–H and O–H groups in total. The van der Waals surface area contributed by atoms with Crippen LogP contribution in [0.15, 0.2) is 0 Å². The Hall–Kier alpha value is 0.137. The van der Waals surface area contributed by atoms with E-state index in [0.717, 1.165) is 29.7 Å². The molecule has 0 saturated heterocycles. The van der Waals surface area contributed by atoms with Crippen LogP contribution < -0.4 is 0 Å². The molecule has 1 atom stereocenters. The van der Waals surface area contributed by atoms with Crippen LogP contribution in [0, 0.1) is 17.8 Å². The molecule has 3 heteroatoms. The molecule has 0 amide bonds. The molecule has 0 aromatic rings. The normalized spacial score (nSPS) is 15.0. The maximum atomic E-state index is 6.13. The van der Waals surface area contributed by atoms with E-state index in [1.54, 1.807) is 0 Å². The van der Waals surface area contributed by atoms with Gasteiger partial charge in [-0.3, -0.25) is 0 Å². The highest BCUT2D eigenvalue weighted by Gasteiger charge is 2.39. The molecular weight excluding hydrogens is 240 g/mol. The molecular formula is C15H34O2Si. The minimum absolute atomic E-state index is 0.0758. The second-order valence-electron chi connectivity index (χ2n) is 6.82. The minimum Gasteiger partial charge on any atom is -0.420 e. The van der Waals surface area contributed by atoms with Gasteiger partial charge in [0.25, 0.3) is 0 Å². The van der Waals surface area contributed by atoms with Crippen LogP contribution >= 0.6 is 0 Å². The van der Waals surface area contributed by atoms with Crippen molar-refractivity contribution in [2.45, 2.75) is 72.5 Å². The van der Waals surface area contributed by atoms with Crippen molar-refractivity contribution in [1.29, 1.82) is 0 Å². The van der Waals surface area contributed by atoms with Gasteiger partial charge in [-0.2, -0.15) is 0 Å². The lowest BCUT2D eigenvalue weighted by Gasteiger charge is -2.43. The molecule has 0 bridgehead atoms. The number of hydrogen-bond acceptors (Lipinski definition) is 2. The lowest BCUT2D eigenvalue weighted by atomic mass is 9.78. The van der Waals surface area contributed by atoms with Crippen LogP contribution in [-0.4, -0.2) is 29.3 Å². The van der Waals surface area contributed by atoms with Crippen molar-refractivity contribution in [1.82, 2.24) is 0 Å². The third-order valence-corrected chi connectivity index (χ3v) is 4.28. The van der Waals surface area contributed by atoms with Crippen LogP contribution in [0.1, 0.15) is 60.8 Å². The summed E-state index contributed by atoms with van der Waals surface area (Å²) < 4.78 is 11.9. The van der Waals surface area contributed by atoms with Gasteiger partial charge >= 0.3 is 0 Å². The van der Waals surface area contributed by atoms with Gasteiger partial charge in [0.05, 0.1) is 11.7 Å². The summed E-state index contributed by atoms with van der Waals surface area (Å²) in [7, 11) is 2.62. The van der Waals surface area contributed by atoms with Crippen LogP contribution in [0.3, 0.4) is 0 Å². The van der Waals surface area contributed by atoms with E-state index in [2.05, 4.69) is 41.5 Å². The van der Waals surface area contributed by atoms with Crippen molar-refractivity contribution in [2.24, 2.45) is 17.8 Å². The van der Waals surface area contributed by atoms with Gasteiger partial charge in [-0.1, -0.05) is 41.5 Å². The maximum absolute atomic E-state index is 6.13. The van der Waals surface area contributed by atoms with Crippen molar-refractivity contribution in [3.8, 4) is 0 Å². The third kappa shape index (κ3) is 5.85. The second kappa shape index (κ2) is 8.34. The Kier molecular flexibility index (Phi) is 8.40. The Morgan fingerprint density at radius 2 is 1.33 bits per heavy atom. The molecule has 0 aromatic carbocycles. The predicted molar refractivity (Wildman–Crippen MR) is 82.9 cm³/mol. The lowest BCUT2D eigenvalue weighted by Crippen LogP contribution is -2.48. The van der Waals surface area contributed by atoms with E-state index in [0.29, 0.717) is 17.8 Å². The van der Waals surface area contributed by atoms with Crippen molar-refractivity contribution < 1.29 is 9.16 Å². The summed E-state index contributed by atoms with van der Waals surface area (Å²) in [6.07, 6.45) is 3.50. The molecule has 0 heterocycles. The second-order valence-corrected chi connectivity index (χ2v) is 7.23. The Morgan fingerprint density at radius 3 is 1.56 bits per heavy atom. The van der Waals surface area contributed by atoms with Gasteiger partial charge in [0.15, 0.2) is 0 Å². The standard InChI is InChI=1S/C15H34O2Si/c1-11(2)8-14(16-7)15(17-18,9-12(3)4)10-13(5)6/h11-14H,8-10H2,1-7,18H3. The molecule has 0 aliphatic heterocycles. The SMILES string of the molecule is COC(CC(C)C)C(CC(C)C)(CC(C)C)O[SiH3]. The van der Waals surface area contributed by atoms with Crippen LogP contribution in [0.2, 0.25) is 0 Å². The smallest absolute Gasteiger partial charge is 0.146 e. The van der Waals surface area contributed by atoms with E-state index in [1.165, 1.54) is 0 Å². The summed E-state index contributed by atoms with van der Waals surface area (Å²) in [4.78, 5) is 0.